The smallest absolute Gasteiger partial charge is 0.319 e. The Morgan fingerprint density at radius 1 is 1.12 bits per heavy atom. The van der Waals surface area contributed by atoms with Crippen LogP contribution in [0.2, 0.25) is 0 Å². The first-order chi connectivity index (χ1) is 12.5. The molecule has 0 radical (unpaired) electrons. The van der Waals surface area contributed by atoms with E-state index < -0.39 is 0 Å². The van der Waals surface area contributed by atoms with E-state index in [4.69, 9.17) is 0 Å². The van der Waals surface area contributed by atoms with Crippen molar-refractivity contribution in [3.8, 4) is 0 Å². The number of hydrogen-bond donors (Lipinski definition) is 2. The van der Waals surface area contributed by atoms with Crippen LogP contribution in [0.4, 0.5) is 10.5 Å². The van der Waals surface area contributed by atoms with Crippen LogP contribution in [0.15, 0.2) is 42.5 Å². The van der Waals surface area contributed by atoms with Crippen molar-refractivity contribution in [3.63, 3.8) is 0 Å². The molecule has 4 heteroatoms. The molecule has 26 heavy (non-hydrogen) atoms. The highest BCUT2D eigenvalue weighted by Gasteiger charge is 2.22. The van der Waals surface area contributed by atoms with Gasteiger partial charge in [0.1, 0.15) is 0 Å². The quantitative estimate of drug-likeness (QED) is 0.845. The highest BCUT2D eigenvalue weighted by atomic mass is 16.2. The third kappa shape index (κ3) is 4.85. The van der Waals surface area contributed by atoms with Crippen LogP contribution < -0.4 is 10.6 Å². The second-order valence-electron chi connectivity index (χ2n) is 7.46. The molecule has 1 aliphatic rings. The van der Waals surface area contributed by atoms with E-state index in [1.165, 1.54) is 16.7 Å². The van der Waals surface area contributed by atoms with Crippen molar-refractivity contribution < 1.29 is 4.79 Å². The van der Waals surface area contributed by atoms with Gasteiger partial charge >= 0.3 is 6.03 Å². The predicted octanol–water partition coefficient (Wildman–Crippen LogP) is 4.26. The van der Waals surface area contributed by atoms with Crippen molar-refractivity contribution in [2.75, 3.05) is 25.0 Å². The van der Waals surface area contributed by atoms with Gasteiger partial charge in [-0.25, -0.2) is 4.79 Å². The number of urea groups is 1. The highest BCUT2D eigenvalue weighted by molar-refractivity contribution is 5.90. The van der Waals surface area contributed by atoms with E-state index >= 15 is 0 Å². The molecule has 2 N–H and O–H groups in total. The third-order valence-electron chi connectivity index (χ3n) is 5.30. The van der Waals surface area contributed by atoms with Crippen molar-refractivity contribution in [2.24, 2.45) is 5.92 Å². The average Bonchev–Trinajstić information content (AvgIpc) is 3.07. The summed E-state index contributed by atoms with van der Waals surface area (Å²) in [5, 5.41) is 6.00. The minimum Gasteiger partial charge on any atom is -0.338 e. The lowest BCUT2D eigenvalue weighted by molar-refractivity contribution is 0.249. The summed E-state index contributed by atoms with van der Waals surface area (Å²) < 4.78 is 0. The van der Waals surface area contributed by atoms with E-state index in [9.17, 15) is 4.79 Å². The number of carbonyl (C=O) groups excluding carboxylic acids is 1. The lowest BCUT2D eigenvalue weighted by Gasteiger charge is -2.17. The molecular formula is C22H29N3O. The summed E-state index contributed by atoms with van der Waals surface area (Å²) in [4.78, 5) is 14.7. The molecule has 1 saturated heterocycles. The van der Waals surface area contributed by atoms with Crippen LogP contribution in [-0.2, 0) is 6.54 Å². The van der Waals surface area contributed by atoms with Gasteiger partial charge in [0.25, 0.3) is 0 Å². The van der Waals surface area contributed by atoms with Crippen LogP contribution in [0.25, 0.3) is 0 Å². The van der Waals surface area contributed by atoms with E-state index in [0.29, 0.717) is 5.92 Å². The summed E-state index contributed by atoms with van der Waals surface area (Å²) in [5.74, 6) is 0.518. The zero-order chi connectivity index (χ0) is 18.5. The number of aryl methyl sites for hydroxylation is 2. The molecule has 2 aromatic rings. The van der Waals surface area contributed by atoms with E-state index in [1.54, 1.807) is 0 Å². The molecule has 0 aromatic heterocycles. The molecule has 2 amide bonds. The van der Waals surface area contributed by atoms with Gasteiger partial charge in [0, 0.05) is 25.3 Å². The van der Waals surface area contributed by atoms with Crippen LogP contribution >= 0.6 is 0 Å². The lowest BCUT2D eigenvalue weighted by atomic mass is 10.1. The average molecular weight is 351 g/mol. The fraction of sp³-hybridized carbons (Fsp3) is 0.409. The van der Waals surface area contributed by atoms with Gasteiger partial charge < -0.3 is 10.6 Å². The summed E-state index contributed by atoms with van der Waals surface area (Å²) in [6.45, 7) is 10.1. The van der Waals surface area contributed by atoms with E-state index in [-0.39, 0.29) is 6.03 Å². The number of rotatable bonds is 5. The van der Waals surface area contributed by atoms with Crippen molar-refractivity contribution >= 4 is 11.7 Å². The van der Waals surface area contributed by atoms with Crippen LogP contribution in [0.5, 0.6) is 0 Å². The molecule has 138 valence electrons. The molecule has 3 rings (SSSR count). The second-order valence-corrected chi connectivity index (χ2v) is 7.46. The first kappa shape index (κ1) is 18.5. The molecule has 1 fully saturated rings. The van der Waals surface area contributed by atoms with Crippen LogP contribution in [-0.4, -0.2) is 30.6 Å². The fourth-order valence-corrected chi connectivity index (χ4v) is 3.46. The number of anilines is 1. The first-order valence-electron chi connectivity index (χ1n) is 9.40. The Balaban J connectivity index is 1.43. The van der Waals surface area contributed by atoms with Gasteiger partial charge in [0.2, 0.25) is 0 Å². The maximum atomic E-state index is 12.2. The monoisotopic (exact) mass is 351 g/mol. The summed E-state index contributed by atoms with van der Waals surface area (Å²) in [6, 6.07) is 14.6. The van der Waals surface area contributed by atoms with Crippen molar-refractivity contribution in [3.05, 3.63) is 64.7 Å². The van der Waals surface area contributed by atoms with Gasteiger partial charge in [-0.1, -0.05) is 42.0 Å². The van der Waals surface area contributed by atoms with Crippen LogP contribution in [0.1, 0.15) is 28.7 Å². The summed E-state index contributed by atoms with van der Waals surface area (Å²) >= 11 is 0. The molecule has 4 nitrogen and oxygen atoms in total. The molecule has 0 unspecified atom stereocenters. The Morgan fingerprint density at radius 2 is 1.88 bits per heavy atom. The molecule has 0 saturated carbocycles. The fourth-order valence-electron chi connectivity index (χ4n) is 3.46. The number of amides is 2. The number of hydrogen-bond acceptors (Lipinski definition) is 2. The van der Waals surface area contributed by atoms with Gasteiger partial charge in [-0.15, -0.1) is 0 Å². The molecule has 0 spiro atoms. The minimum atomic E-state index is -0.115. The maximum Gasteiger partial charge on any atom is 0.319 e. The zero-order valence-corrected chi connectivity index (χ0v) is 16.0. The Hall–Kier alpha value is -2.33. The SMILES string of the molecule is Cc1ccc(CN2CC[C@H](CNC(=O)Nc3cccc(C)c3C)C2)cc1. The molecule has 0 bridgehead atoms. The van der Waals surface area contributed by atoms with Gasteiger partial charge in [0.05, 0.1) is 0 Å². The standard InChI is InChI=1S/C22H29N3O/c1-16-7-9-19(10-8-16)14-25-12-11-20(15-25)13-23-22(26)24-21-6-4-5-17(2)18(21)3/h4-10,20H,11-15H2,1-3H3,(H2,23,24,26)/t20-/m1/s1. The Bertz CT molecular complexity index is 754. The summed E-state index contributed by atoms with van der Waals surface area (Å²) in [7, 11) is 0. The molecule has 1 atom stereocenters. The van der Waals surface area contributed by atoms with Gasteiger partial charge in [0.15, 0.2) is 0 Å². The largest absolute Gasteiger partial charge is 0.338 e. The number of nitrogens with zero attached hydrogens (tertiary/aromatic N) is 1. The van der Waals surface area contributed by atoms with Gasteiger partial charge in [-0.3, -0.25) is 4.90 Å². The van der Waals surface area contributed by atoms with E-state index in [2.05, 4.69) is 59.7 Å². The molecule has 2 aromatic carbocycles. The number of nitrogens with one attached hydrogen (secondary N) is 2. The van der Waals surface area contributed by atoms with Crippen LogP contribution in [0.3, 0.4) is 0 Å². The Morgan fingerprint density at radius 3 is 2.65 bits per heavy atom. The highest BCUT2D eigenvalue weighted by Crippen LogP contribution is 2.19. The molecule has 1 aliphatic heterocycles. The Labute approximate surface area is 156 Å². The number of benzene rings is 2. The topological polar surface area (TPSA) is 44.4 Å². The van der Waals surface area contributed by atoms with Crippen molar-refractivity contribution in [1.29, 1.82) is 0 Å². The predicted molar refractivity (Wildman–Crippen MR) is 108 cm³/mol. The zero-order valence-electron chi connectivity index (χ0n) is 16.0. The van der Waals surface area contributed by atoms with Gasteiger partial charge in [-0.05, 0) is 62.4 Å². The number of likely N-dealkylation sites (tertiary alicyclic amines) is 1. The maximum absolute atomic E-state index is 12.2. The minimum absolute atomic E-state index is 0.115. The molecule has 0 aliphatic carbocycles. The summed E-state index contributed by atoms with van der Waals surface area (Å²) in [5.41, 5.74) is 5.84. The van der Waals surface area contributed by atoms with E-state index in [1.807, 2.05) is 19.1 Å². The van der Waals surface area contributed by atoms with Crippen molar-refractivity contribution in [2.45, 2.75) is 33.7 Å². The van der Waals surface area contributed by atoms with E-state index in [0.717, 1.165) is 43.9 Å². The normalized spacial score (nSPS) is 17.3. The van der Waals surface area contributed by atoms with Gasteiger partial charge in [-0.2, -0.15) is 0 Å². The summed E-state index contributed by atoms with van der Waals surface area (Å²) in [6.07, 6.45) is 1.13. The van der Waals surface area contributed by atoms with Crippen LogP contribution in [0, 0.1) is 26.7 Å². The second kappa shape index (κ2) is 8.37. The lowest BCUT2D eigenvalue weighted by Crippen LogP contribution is -2.34. The third-order valence-corrected chi connectivity index (χ3v) is 5.30. The molecule has 1 heterocycles. The van der Waals surface area contributed by atoms with Crippen molar-refractivity contribution in [1.82, 2.24) is 10.2 Å². The molecular weight excluding hydrogens is 322 g/mol. The number of carbonyl (C=O) groups is 1. The first-order valence-corrected chi connectivity index (χ1v) is 9.40. The Kier molecular flexibility index (Phi) is 5.94.